The van der Waals surface area contributed by atoms with E-state index in [-0.39, 0.29) is 0 Å². The van der Waals surface area contributed by atoms with Gasteiger partial charge in [-0.05, 0) is 48.6 Å². The molecule has 2 atom stereocenters. The Morgan fingerprint density at radius 3 is 1.30 bits per heavy atom. The Labute approximate surface area is 291 Å². The molecule has 0 aliphatic carbocycles. The molecule has 2 unspecified atom stereocenters. The van der Waals surface area contributed by atoms with Crippen molar-refractivity contribution in [1.29, 1.82) is 10.5 Å². The van der Waals surface area contributed by atoms with Crippen LogP contribution in [0.25, 0.3) is 23.3 Å². The number of carboxylic acids is 2. The van der Waals surface area contributed by atoms with Gasteiger partial charge < -0.3 is 39.1 Å². The van der Waals surface area contributed by atoms with Crippen molar-refractivity contribution < 1.29 is 39.1 Å². The predicted molar refractivity (Wildman–Crippen MR) is 185 cm³/mol. The molecule has 10 heteroatoms. The van der Waals surface area contributed by atoms with Gasteiger partial charge in [-0.2, -0.15) is 10.5 Å². The highest BCUT2D eigenvalue weighted by atomic mass is 16.5. The van der Waals surface area contributed by atoms with Crippen LogP contribution in [0.4, 0.5) is 0 Å². The number of fused-ring (bicyclic) bond motifs is 4. The Kier molecular flexibility index (Phi) is 13.2. The fourth-order valence-corrected chi connectivity index (χ4v) is 5.27. The largest absolute Gasteiger partial charge is 0.545 e. The van der Waals surface area contributed by atoms with Gasteiger partial charge in [0.25, 0.3) is 0 Å². The van der Waals surface area contributed by atoms with Crippen molar-refractivity contribution >= 4 is 35.2 Å². The molecule has 0 amide bonds. The molecular weight excluding hydrogens is 632 g/mol. The van der Waals surface area contributed by atoms with Crippen LogP contribution in [0.15, 0.2) is 109 Å². The zero-order chi connectivity index (χ0) is 35.9. The number of aliphatic carboxylic acids is 2. The van der Waals surface area contributed by atoms with Gasteiger partial charge in [0, 0.05) is 33.4 Å². The topological polar surface area (TPSA) is 155 Å². The number of rotatable bonds is 8. The molecule has 2 aliphatic rings. The maximum Gasteiger partial charge on any atom is 0.165 e. The first-order valence-corrected chi connectivity index (χ1v) is 15.8. The number of nitrogens with one attached hydrogen (secondary N) is 2. The summed E-state index contributed by atoms with van der Waals surface area (Å²) >= 11 is 0. The van der Waals surface area contributed by atoms with Crippen LogP contribution < -0.4 is 29.5 Å². The second kappa shape index (κ2) is 18.2. The summed E-state index contributed by atoms with van der Waals surface area (Å²) in [7, 11) is 4.06. The monoisotopic (exact) mass is 668 g/mol. The van der Waals surface area contributed by atoms with Gasteiger partial charge in [0.1, 0.15) is 48.2 Å². The normalized spacial score (nSPS) is 13.1. The number of quaternary nitrogens is 2. The summed E-state index contributed by atoms with van der Waals surface area (Å²) in [5.41, 5.74) is 6.76. The first kappa shape index (κ1) is 36.4. The Bertz CT molecular complexity index is 1860. The summed E-state index contributed by atoms with van der Waals surface area (Å²) in [6.45, 7) is 2.56. The number of nitrogens with zero attached hydrogens (tertiary/aromatic N) is 2. The molecule has 252 valence electrons. The van der Waals surface area contributed by atoms with E-state index in [0.717, 1.165) is 68.1 Å². The fourth-order valence-electron chi connectivity index (χ4n) is 5.27. The Hall–Kier alpha value is -6.46. The van der Waals surface area contributed by atoms with Crippen LogP contribution in [0.3, 0.4) is 0 Å². The Morgan fingerprint density at radius 2 is 0.940 bits per heavy atom. The lowest BCUT2D eigenvalue weighted by Crippen LogP contribution is -3.08. The number of benzene rings is 4. The third-order valence-electron chi connectivity index (χ3n) is 7.50. The Morgan fingerprint density at radius 1 is 0.600 bits per heavy atom. The summed E-state index contributed by atoms with van der Waals surface area (Å²) in [6.07, 6.45) is 5.11. The number of carboxylic acid groups (broad SMARTS) is 2. The van der Waals surface area contributed by atoms with E-state index in [2.05, 4.69) is 48.6 Å². The van der Waals surface area contributed by atoms with Crippen LogP contribution in [0.2, 0.25) is 0 Å². The van der Waals surface area contributed by atoms with Crippen molar-refractivity contribution in [3.8, 4) is 35.1 Å². The van der Waals surface area contributed by atoms with Gasteiger partial charge in [0.15, 0.2) is 13.1 Å². The molecule has 50 heavy (non-hydrogen) atoms. The molecule has 10 nitrogen and oxygen atoms in total. The fraction of sp³-hybridized carbons (Fsp3) is 0.150. The van der Waals surface area contributed by atoms with Gasteiger partial charge >= 0.3 is 0 Å². The number of carbonyl (C=O) groups is 2. The highest BCUT2D eigenvalue weighted by molar-refractivity contribution is 5.89. The summed E-state index contributed by atoms with van der Waals surface area (Å²) in [6, 6.07) is 36.6. The minimum absolute atomic E-state index is 0.384. The van der Waals surface area contributed by atoms with Crippen LogP contribution in [0, 0.1) is 22.7 Å². The number of para-hydroxylation sites is 4. The van der Waals surface area contributed by atoms with Crippen molar-refractivity contribution in [2.24, 2.45) is 0 Å². The lowest BCUT2D eigenvalue weighted by molar-refractivity contribution is -0.863. The standard InChI is InChI=1S/2C18H16N2O.C4H4O4/c2*1-20(11-10-19)13-15-12-14-6-2-4-8-17(14)21-18-9-5-3-7-16(15)18;5-3(6)1-2-4(7)8/h2*2-9,12H,11,13H2,1H3;1-2H,(H,5,6)(H,7,8)/b;;2-1-. The lowest BCUT2D eigenvalue weighted by atomic mass is 10.0. The van der Waals surface area contributed by atoms with Gasteiger partial charge in [-0.15, -0.1) is 0 Å². The van der Waals surface area contributed by atoms with E-state index in [1.165, 1.54) is 11.1 Å². The molecule has 6 rings (SSSR count). The summed E-state index contributed by atoms with van der Waals surface area (Å²) in [4.78, 5) is 21.2. The number of nitriles is 2. The van der Waals surface area contributed by atoms with Crippen molar-refractivity contribution in [2.75, 3.05) is 40.3 Å². The van der Waals surface area contributed by atoms with E-state index in [1.807, 2.05) is 86.9 Å². The minimum Gasteiger partial charge on any atom is -0.545 e. The van der Waals surface area contributed by atoms with Crippen LogP contribution in [0.1, 0.15) is 22.3 Å². The average Bonchev–Trinajstić information content (AvgIpc) is 3.35. The van der Waals surface area contributed by atoms with Crippen molar-refractivity contribution in [2.45, 2.75) is 0 Å². The first-order chi connectivity index (χ1) is 24.2. The molecule has 2 N–H and O–H groups in total. The summed E-state index contributed by atoms with van der Waals surface area (Å²) < 4.78 is 12.1. The van der Waals surface area contributed by atoms with E-state index in [0.29, 0.717) is 25.2 Å². The lowest BCUT2D eigenvalue weighted by Gasteiger charge is -2.14. The molecule has 0 fully saturated rings. The number of carbonyl (C=O) groups excluding carboxylic acids is 2. The highest BCUT2D eigenvalue weighted by Gasteiger charge is 2.20. The van der Waals surface area contributed by atoms with Gasteiger partial charge in [-0.25, -0.2) is 0 Å². The molecule has 0 saturated carbocycles. The number of likely N-dealkylation sites (N-methyl/N-ethyl adjacent to an activating group) is 2. The van der Waals surface area contributed by atoms with E-state index in [9.17, 15) is 19.8 Å². The quantitative estimate of drug-likeness (QED) is 0.213. The molecule has 0 aromatic heterocycles. The van der Waals surface area contributed by atoms with Crippen LogP contribution >= 0.6 is 0 Å². The zero-order valence-corrected chi connectivity index (χ0v) is 27.7. The van der Waals surface area contributed by atoms with E-state index < -0.39 is 11.9 Å². The first-order valence-electron chi connectivity index (χ1n) is 15.8. The average molecular weight is 669 g/mol. The maximum absolute atomic E-state index is 9.41. The molecule has 2 heterocycles. The molecule has 2 aliphatic heterocycles. The van der Waals surface area contributed by atoms with E-state index in [4.69, 9.17) is 20.0 Å². The third kappa shape index (κ3) is 10.5. The van der Waals surface area contributed by atoms with Crippen LogP contribution in [-0.2, 0) is 9.59 Å². The van der Waals surface area contributed by atoms with Crippen LogP contribution in [-0.4, -0.2) is 52.2 Å². The Balaban J connectivity index is 0.000000186. The van der Waals surface area contributed by atoms with Gasteiger partial charge in [0.05, 0.1) is 26.0 Å². The number of ether oxygens (including phenoxy) is 2. The van der Waals surface area contributed by atoms with Gasteiger partial charge in [-0.1, -0.05) is 72.8 Å². The van der Waals surface area contributed by atoms with Crippen molar-refractivity contribution in [1.82, 2.24) is 0 Å². The summed E-state index contributed by atoms with van der Waals surface area (Å²) in [5.74, 6) is 0.399. The van der Waals surface area contributed by atoms with Crippen LogP contribution in [0.5, 0.6) is 23.0 Å². The smallest absolute Gasteiger partial charge is 0.165 e. The molecule has 0 bridgehead atoms. The highest BCUT2D eigenvalue weighted by Crippen LogP contribution is 2.38. The second-order valence-corrected chi connectivity index (χ2v) is 11.5. The number of hydrogen-bond donors (Lipinski definition) is 2. The number of hydrogen-bond acceptors (Lipinski definition) is 8. The maximum atomic E-state index is 9.41. The second-order valence-electron chi connectivity index (χ2n) is 11.5. The molecular formula is C40H36N4O6. The van der Waals surface area contributed by atoms with E-state index in [1.54, 1.807) is 0 Å². The minimum atomic E-state index is -1.55. The molecule has 0 saturated heterocycles. The van der Waals surface area contributed by atoms with Gasteiger partial charge in [0.2, 0.25) is 0 Å². The molecule has 4 aromatic carbocycles. The van der Waals surface area contributed by atoms with Gasteiger partial charge in [-0.3, -0.25) is 0 Å². The molecule has 0 radical (unpaired) electrons. The van der Waals surface area contributed by atoms with Crippen molar-refractivity contribution in [3.05, 3.63) is 131 Å². The third-order valence-corrected chi connectivity index (χ3v) is 7.50. The van der Waals surface area contributed by atoms with Crippen molar-refractivity contribution in [3.63, 3.8) is 0 Å². The molecule has 0 spiro atoms. The molecule has 4 aromatic rings. The summed E-state index contributed by atoms with van der Waals surface area (Å²) in [5, 5.41) is 36.5. The predicted octanol–water partition coefficient (Wildman–Crippen LogP) is 1.78. The zero-order valence-electron chi connectivity index (χ0n) is 27.7. The SMILES string of the molecule is C[NH+](CC#N)CC1=Cc2ccccc2Oc2ccccc21.C[NH+](CC#N)CC1=Cc2ccccc2Oc2ccccc21.O=C([O-])/C=C\C(=O)[O-]. The van der Waals surface area contributed by atoms with E-state index >= 15 is 0 Å².